The van der Waals surface area contributed by atoms with Crippen molar-refractivity contribution in [1.82, 2.24) is 19.9 Å². The third-order valence-corrected chi connectivity index (χ3v) is 5.72. The highest BCUT2D eigenvalue weighted by Crippen LogP contribution is 2.33. The normalized spacial score (nSPS) is 23.1. The molecule has 2 aliphatic heterocycles. The first-order valence-electron chi connectivity index (χ1n) is 9.66. The summed E-state index contributed by atoms with van der Waals surface area (Å²) < 4.78 is 7.31. The molecule has 1 unspecified atom stereocenters. The second-order valence-corrected chi connectivity index (χ2v) is 7.59. The van der Waals surface area contributed by atoms with Crippen LogP contribution in [-0.2, 0) is 9.53 Å². The molecule has 0 bridgehead atoms. The molecule has 148 valence electrons. The van der Waals surface area contributed by atoms with Gasteiger partial charge in [-0.05, 0) is 49.8 Å². The predicted octanol–water partition coefficient (Wildman–Crippen LogP) is 1.92. The van der Waals surface area contributed by atoms with Gasteiger partial charge in [0.25, 0.3) is 5.91 Å². The van der Waals surface area contributed by atoms with Crippen molar-refractivity contribution in [3.05, 3.63) is 41.7 Å². The van der Waals surface area contributed by atoms with Crippen molar-refractivity contribution in [2.24, 2.45) is 11.8 Å². The van der Waals surface area contributed by atoms with Crippen LogP contribution in [-0.4, -0.2) is 62.7 Å². The van der Waals surface area contributed by atoms with E-state index in [0.717, 1.165) is 24.1 Å². The standard InChI is InChI=1S/C20H24N4O4/c1-13-3-2-4-15(11-13)24-12-17(21-22-24)19(25)23-8-5-14(6-9-23)18-16(20(26)27)7-10-28-18/h2-4,11-12,14,16,18H,5-10H2,1H3,(H,26,27)/t16?,18-/m0/s1. The van der Waals surface area contributed by atoms with E-state index in [1.807, 2.05) is 31.2 Å². The van der Waals surface area contributed by atoms with Crippen LogP contribution in [0.5, 0.6) is 0 Å². The predicted molar refractivity (Wildman–Crippen MR) is 100 cm³/mol. The molecule has 0 spiro atoms. The van der Waals surface area contributed by atoms with Crippen LogP contribution < -0.4 is 0 Å². The fourth-order valence-electron chi connectivity index (χ4n) is 4.19. The smallest absolute Gasteiger partial charge is 0.309 e. The summed E-state index contributed by atoms with van der Waals surface area (Å²) in [6.45, 7) is 3.66. The lowest BCUT2D eigenvalue weighted by Gasteiger charge is -2.35. The van der Waals surface area contributed by atoms with Crippen LogP contribution in [0.4, 0.5) is 0 Å². The molecule has 2 aromatic rings. The number of nitrogens with zero attached hydrogens (tertiary/aromatic N) is 4. The van der Waals surface area contributed by atoms with Crippen molar-refractivity contribution in [3.63, 3.8) is 0 Å². The van der Waals surface area contributed by atoms with Gasteiger partial charge in [-0.2, -0.15) is 0 Å². The van der Waals surface area contributed by atoms with Gasteiger partial charge in [0.1, 0.15) is 0 Å². The van der Waals surface area contributed by atoms with E-state index in [1.54, 1.807) is 15.8 Å². The number of hydrogen-bond donors (Lipinski definition) is 1. The van der Waals surface area contributed by atoms with Crippen molar-refractivity contribution in [1.29, 1.82) is 0 Å². The molecule has 0 radical (unpaired) electrons. The third kappa shape index (κ3) is 3.64. The van der Waals surface area contributed by atoms with Gasteiger partial charge in [-0.3, -0.25) is 9.59 Å². The van der Waals surface area contributed by atoms with E-state index in [9.17, 15) is 14.7 Å². The van der Waals surface area contributed by atoms with E-state index in [4.69, 9.17) is 4.74 Å². The van der Waals surface area contributed by atoms with Gasteiger partial charge >= 0.3 is 5.97 Å². The quantitative estimate of drug-likeness (QED) is 0.865. The van der Waals surface area contributed by atoms with Gasteiger partial charge in [0.05, 0.1) is 23.9 Å². The number of carboxylic acids is 1. The van der Waals surface area contributed by atoms with E-state index in [1.165, 1.54) is 0 Å². The molecule has 1 amide bonds. The Morgan fingerprint density at radius 2 is 2.00 bits per heavy atom. The van der Waals surface area contributed by atoms with Gasteiger partial charge < -0.3 is 14.7 Å². The maximum Gasteiger partial charge on any atom is 0.309 e. The summed E-state index contributed by atoms with van der Waals surface area (Å²) in [5.74, 6) is -1.18. The van der Waals surface area contributed by atoms with Gasteiger partial charge in [0.2, 0.25) is 0 Å². The number of benzene rings is 1. The zero-order valence-electron chi connectivity index (χ0n) is 15.8. The SMILES string of the molecule is Cc1cccc(-n2cc(C(=O)N3CCC([C@@H]4OCCC4C(=O)O)CC3)nn2)c1. The van der Waals surface area contributed by atoms with Gasteiger partial charge in [-0.25, -0.2) is 4.68 Å². The second-order valence-electron chi connectivity index (χ2n) is 7.59. The molecule has 1 aromatic carbocycles. The van der Waals surface area contributed by atoms with Gasteiger partial charge in [0, 0.05) is 19.7 Å². The number of aromatic nitrogens is 3. The van der Waals surface area contributed by atoms with Crippen molar-refractivity contribution in [3.8, 4) is 5.69 Å². The molecule has 0 saturated carbocycles. The molecule has 3 heterocycles. The Balaban J connectivity index is 1.39. The van der Waals surface area contributed by atoms with E-state index < -0.39 is 11.9 Å². The number of amides is 1. The van der Waals surface area contributed by atoms with Gasteiger partial charge in [-0.15, -0.1) is 5.10 Å². The number of likely N-dealkylation sites (tertiary alicyclic amines) is 1. The van der Waals surface area contributed by atoms with Crippen molar-refractivity contribution in [2.45, 2.75) is 32.3 Å². The molecule has 2 fully saturated rings. The highest BCUT2D eigenvalue weighted by atomic mass is 16.5. The lowest BCUT2D eigenvalue weighted by Crippen LogP contribution is -2.43. The van der Waals surface area contributed by atoms with Crippen LogP contribution in [0, 0.1) is 18.8 Å². The minimum atomic E-state index is -0.784. The monoisotopic (exact) mass is 384 g/mol. The zero-order valence-corrected chi connectivity index (χ0v) is 15.8. The minimum Gasteiger partial charge on any atom is -0.481 e. The Hall–Kier alpha value is -2.74. The summed E-state index contributed by atoms with van der Waals surface area (Å²) in [5, 5.41) is 17.5. The fourth-order valence-corrected chi connectivity index (χ4v) is 4.19. The molecule has 1 aromatic heterocycles. The Labute approximate surface area is 163 Å². The number of carboxylic acid groups (broad SMARTS) is 1. The van der Waals surface area contributed by atoms with Crippen LogP contribution in [0.1, 0.15) is 35.3 Å². The van der Waals surface area contributed by atoms with Crippen molar-refractivity contribution in [2.75, 3.05) is 19.7 Å². The maximum absolute atomic E-state index is 12.8. The Bertz CT molecular complexity index is 873. The molecule has 2 saturated heterocycles. The lowest BCUT2D eigenvalue weighted by atomic mass is 9.84. The van der Waals surface area contributed by atoms with Crippen LogP contribution >= 0.6 is 0 Å². The number of carbonyl (C=O) groups excluding carboxylic acids is 1. The van der Waals surface area contributed by atoms with E-state index in [2.05, 4.69) is 10.3 Å². The minimum absolute atomic E-state index is 0.139. The summed E-state index contributed by atoms with van der Waals surface area (Å²) in [6, 6.07) is 7.84. The summed E-state index contributed by atoms with van der Waals surface area (Å²) in [6.07, 6.45) is 3.47. The lowest BCUT2D eigenvalue weighted by molar-refractivity contribution is -0.145. The zero-order chi connectivity index (χ0) is 19.7. The average molecular weight is 384 g/mol. The summed E-state index contributed by atoms with van der Waals surface area (Å²) >= 11 is 0. The molecule has 8 heteroatoms. The fraction of sp³-hybridized carbons (Fsp3) is 0.500. The third-order valence-electron chi connectivity index (χ3n) is 5.72. The molecule has 28 heavy (non-hydrogen) atoms. The number of piperidine rings is 1. The van der Waals surface area contributed by atoms with Crippen LogP contribution in [0.3, 0.4) is 0 Å². The first-order chi connectivity index (χ1) is 13.5. The number of hydrogen-bond acceptors (Lipinski definition) is 5. The average Bonchev–Trinajstić information content (AvgIpc) is 3.37. The maximum atomic E-state index is 12.8. The van der Waals surface area contributed by atoms with Crippen molar-refractivity contribution < 1.29 is 19.4 Å². The van der Waals surface area contributed by atoms with Crippen LogP contribution in [0.15, 0.2) is 30.5 Å². The van der Waals surface area contributed by atoms with Gasteiger partial charge in [0.15, 0.2) is 5.69 Å². The first-order valence-corrected chi connectivity index (χ1v) is 9.66. The molecule has 8 nitrogen and oxygen atoms in total. The van der Waals surface area contributed by atoms with Crippen molar-refractivity contribution >= 4 is 11.9 Å². The number of carbonyl (C=O) groups is 2. The first kappa shape index (κ1) is 18.6. The number of aryl methyl sites for hydroxylation is 1. The molecule has 1 N–H and O–H groups in total. The van der Waals surface area contributed by atoms with Crippen LogP contribution in [0.2, 0.25) is 0 Å². The number of aliphatic carboxylic acids is 1. The van der Waals surface area contributed by atoms with E-state index >= 15 is 0 Å². The largest absolute Gasteiger partial charge is 0.481 e. The van der Waals surface area contributed by atoms with Gasteiger partial charge in [-0.1, -0.05) is 17.3 Å². The topological polar surface area (TPSA) is 97.5 Å². The molecule has 2 atom stereocenters. The molecular formula is C20H24N4O4. The summed E-state index contributed by atoms with van der Waals surface area (Å²) in [7, 11) is 0. The highest BCUT2D eigenvalue weighted by molar-refractivity contribution is 5.92. The molecule has 0 aliphatic carbocycles. The highest BCUT2D eigenvalue weighted by Gasteiger charge is 2.41. The Kier molecular flexibility index (Phi) is 5.13. The van der Waals surface area contributed by atoms with E-state index in [-0.39, 0.29) is 17.9 Å². The second kappa shape index (κ2) is 7.71. The Morgan fingerprint density at radius 1 is 1.21 bits per heavy atom. The molecule has 2 aliphatic rings. The molecule has 4 rings (SSSR count). The number of rotatable bonds is 4. The van der Waals surface area contributed by atoms with Crippen LogP contribution in [0.25, 0.3) is 5.69 Å². The molecular weight excluding hydrogens is 360 g/mol. The number of ether oxygens (including phenoxy) is 1. The Morgan fingerprint density at radius 3 is 2.71 bits per heavy atom. The summed E-state index contributed by atoms with van der Waals surface area (Å²) in [4.78, 5) is 26.0. The summed E-state index contributed by atoms with van der Waals surface area (Å²) in [5.41, 5.74) is 2.29. The van der Waals surface area contributed by atoms with E-state index in [0.29, 0.717) is 31.8 Å².